The standard InChI is InChI=1S/3C4H6N2.BH3O3/c3*1-6-4-2-3-5-6;2-1(3)4/h3*2-4H,1H3;2-4H. The molecule has 0 saturated heterocycles. The predicted molar refractivity (Wildman–Crippen MR) is 82.0 cm³/mol. The smallest absolute Gasteiger partial charge is 0.402 e. The Balaban J connectivity index is 0.000000271. The van der Waals surface area contributed by atoms with E-state index < -0.39 is 7.32 Å². The first kappa shape index (κ1) is 19.6. The van der Waals surface area contributed by atoms with Crippen LogP contribution >= 0.6 is 0 Å². The minimum absolute atomic E-state index is 1.75. The zero-order valence-electron chi connectivity index (χ0n) is 12.8. The summed E-state index contributed by atoms with van der Waals surface area (Å²) < 4.78 is 5.25. The van der Waals surface area contributed by atoms with Gasteiger partial charge in [0.05, 0.1) is 0 Å². The van der Waals surface area contributed by atoms with Crippen LogP contribution in [0.1, 0.15) is 0 Å². The molecule has 0 aliphatic heterocycles. The zero-order valence-corrected chi connectivity index (χ0v) is 12.8. The predicted octanol–water partition coefficient (Wildman–Crippen LogP) is -0.791. The minimum Gasteiger partial charge on any atom is -0.402 e. The van der Waals surface area contributed by atoms with Gasteiger partial charge < -0.3 is 15.1 Å². The molecule has 22 heavy (non-hydrogen) atoms. The van der Waals surface area contributed by atoms with E-state index in [9.17, 15) is 0 Å². The van der Waals surface area contributed by atoms with Gasteiger partial charge in [0.2, 0.25) is 0 Å². The van der Waals surface area contributed by atoms with E-state index >= 15 is 0 Å². The van der Waals surface area contributed by atoms with E-state index in [-0.39, 0.29) is 0 Å². The maximum absolute atomic E-state index is 7.17. The van der Waals surface area contributed by atoms with E-state index in [4.69, 9.17) is 15.1 Å². The van der Waals surface area contributed by atoms with Gasteiger partial charge in [-0.1, -0.05) is 0 Å². The van der Waals surface area contributed by atoms with Crippen LogP contribution in [0.25, 0.3) is 0 Å². The fraction of sp³-hybridized carbons (Fsp3) is 0.250. The highest BCUT2D eigenvalue weighted by Gasteiger charge is 1.92. The SMILES string of the molecule is Cn1cccn1.Cn1cccn1.Cn1cccn1.OB(O)O. The van der Waals surface area contributed by atoms with Crippen LogP contribution in [0.2, 0.25) is 0 Å². The largest absolute Gasteiger partial charge is 0.631 e. The van der Waals surface area contributed by atoms with Crippen LogP contribution in [0, 0.1) is 0 Å². The van der Waals surface area contributed by atoms with E-state index in [2.05, 4.69) is 15.3 Å². The Bertz CT molecular complexity index is 460. The van der Waals surface area contributed by atoms with Crippen LogP contribution in [0.3, 0.4) is 0 Å². The maximum Gasteiger partial charge on any atom is 0.631 e. The Morgan fingerprint density at radius 3 is 0.909 bits per heavy atom. The second kappa shape index (κ2) is 12.3. The molecule has 0 aliphatic carbocycles. The van der Waals surface area contributed by atoms with Crippen molar-refractivity contribution in [2.75, 3.05) is 0 Å². The highest BCUT2D eigenvalue weighted by Crippen LogP contribution is 1.74. The third kappa shape index (κ3) is 14.0. The van der Waals surface area contributed by atoms with E-state index in [0.29, 0.717) is 0 Å². The van der Waals surface area contributed by atoms with Gasteiger partial charge in [0.25, 0.3) is 0 Å². The first-order chi connectivity index (χ1) is 10.4. The monoisotopic (exact) mass is 308 g/mol. The Kier molecular flexibility index (Phi) is 11.0. The number of aromatic nitrogens is 6. The molecule has 0 aliphatic rings. The number of aryl methyl sites for hydroxylation is 3. The third-order valence-electron chi connectivity index (χ3n) is 1.91. The quantitative estimate of drug-likeness (QED) is 0.469. The minimum atomic E-state index is -2.17. The highest BCUT2D eigenvalue weighted by molar-refractivity contribution is 6.30. The molecule has 0 spiro atoms. The van der Waals surface area contributed by atoms with Crippen LogP contribution in [-0.4, -0.2) is 51.7 Å². The molecule has 0 saturated carbocycles. The molecule has 0 unspecified atom stereocenters. The second-order valence-electron chi connectivity index (χ2n) is 3.89. The van der Waals surface area contributed by atoms with Crippen LogP contribution in [0.15, 0.2) is 55.4 Å². The Morgan fingerprint density at radius 2 is 0.864 bits per heavy atom. The molecule has 9 nitrogen and oxygen atoms in total. The Hall–Kier alpha value is -2.43. The molecule has 3 rings (SSSR count). The molecular formula is C12H21BN6O3. The lowest BCUT2D eigenvalue weighted by Crippen LogP contribution is -2.07. The summed E-state index contributed by atoms with van der Waals surface area (Å²) in [4.78, 5) is 0. The van der Waals surface area contributed by atoms with Gasteiger partial charge in [-0.15, -0.1) is 0 Å². The van der Waals surface area contributed by atoms with Crippen molar-refractivity contribution >= 4 is 7.32 Å². The summed E-state index contributed by atoms with van der Waals surface area (Å²) in [7, 11) is 3.50. The summed E-state index contributed by atoms with van der Waals surface area (Å²) in [6, 6.07) is 5.67. The lowest BCUT2D eigenvalue weighted by molar-refractivity contribution is 0.278. The third-order valence-corrected chi connectivity index (χ3v) is 1.91. The van der Waals surface area contributed by atoms with Crippen molar-refractivity contribution in [2.45, 2.75) is 0 Å². The fourth-order valence-electron chi connectivity index (χ4n) is 1.04. The van der Waals surface area contributed by atoms with Crippen molar-refractivity contribution in [1.29, 1.82) is 0 Å². The summed E-state index contributed by atoms with van der Waals surface area (Å²) >= 11 is 0. The Morgan fingerprint density at radius 1 is 0.636 bits per heavy atom. The number of rotatable bonds is 0. The summed E-state index contributed by atoms with van der Waals surface area (Å²) in [5.74, 6) is 0. The zero-order chi connectivity index (χ0) is 16.8. The molecule has 0 bridgehead atoms. The van der Waals surface area contributed by atoms with Gasteiger partial charge in [0.1, 0.15) is 0 Å². The van der Waals surface area contributed by atoms with Crippen molar-refractivity contribution in [1.82, 2.24) is 29.3 Å². The van der Waals surface area contributed by atoms with Crippen LogP contribution in [0.5, 0.6) is 0 Å². The van der Waals surface area contributed by atoms with Crippen LogP contribution in [-0.2, 0) is 21.1 Å². The van der Waals surface area contributed by atoms with E-state index in [1.54, 1.807) is 32.6 Å². The number of hydrogen-bond donors (Lipinski definition) is 3. The summed E-state index contributed by atoms with van der Waals surface area (Å²) in [5.41, 5.74) is 0. The van der Waals surface area contributed by atoms with Crippen LogP contribution in [0.4, 0.5) is 0 Å². The van der Waals surface area contributed by atoms with E-state index in [1.807, 2.05) is 57.9 Å². The molecule has 0 amide bonds. The molecule has 10 heteroatoms. The van der Waals surface area contributed by atoms with Gasteiger partial charge in [0.15, 0.2) is 0 Å². The van der Waals surface area contributed by atoms with Crippen molar-refractivity contribution in [3.8, 4) is 0 Å². The average molecular weight is 308 g/mol. The fourth-order valence-corrected chi connectivity index (χ4v) is 1.04. The van der Waals surface area contributed by atoms with Gasteiger partial charge in [0, 0.05) is 58.3 Å². The van der Waals surface area contributed by atoms with Crippen molar-refractivity contribution in [3.63, 3.8) is 0 Å². The summed E-state index contributed by atoms with van der Waals surface area (Å²) in [6.07, 6.45) is 10.9. The number of nitrogens with zero attached hydrogens (tertiary/aromatic N) is 6. The maximum atomic E-state index is 7.17. The summed E-state index contributed by atoms with van der Waals surface area (Å²) in [5, 5.41) is 33.0. The number of hydrogen-bond acceptors (Lipinski definition) is 6. The van der Waals surface area contributed by atoms with Crippen LogP contribution < -0.4 is 0 Å². The molecule has 0 aromatic carbocycles. The van der Waals surface area contributed by atoms with Crippen molar-refractivity contribution in [2.24, 2.45) is 21.1 Å². The first-order valence-electron chi connectivity index (χ1n) is 6.27. The first-order valence-corrected chi connectivity index (χ1v) is 6.27. The lowest BCUT2D eigenvalue weighted by Gasteiger charge is -1.77. The summed E-state index contributed by atoms with van der Waals surface area (Å²) in [6.45, 7) is 0. The Labute approximate surface area is 129 Å². The van der Waals surface area contributed by atoms with Crippen molar-refractivity contribution in [3.05, 3.63) is 55.4 Å². The van der Waals surface area contributed by atoms with Gasteiger partial charge in [-0.2, -0.15) is 15.3 Å². The normalized spacial score (nSPS) is 8.45. The lowest BCUT2D eigenvalue weighted by atomic mass is 10.3. The molecule has 120 valence electrons. The van der Waals surface area contributed by atoms with Gasteiger partial charge in [-0.25, -0.2) is 0 Å². The highest BCUT2D eigenvalue weighted by atomic mass is 16.5. The van der Waals surface area contributed by atoms with Gasteiger partial charge >= 0.3 is 7.32 Å². The molecule has 0 fully saturated rings. The van der Waals surface area contributed by atoms with Gasteiger partial charge in [-0.3, -0.25) is 14.0 Å². The molecule has 3 aromatic rings. The molecule has 3 heterocycles. The van der Waals surface area contributed by atoms with E-state index in [1.165, 1.54) is 0 Å². The molecule has 0 radical (unpaired) electrons. The van der Waals surface area contributed by atoms with Gasteiger partial charge in [-0.05, 0) is 18.2 Å². The average Bonchev–Trinajstić information content (AvgIpc) is 3.15. The molecule has 0 atom stereocenters. The second-order valence-corrected chi connectivity index (χ2v) is 3.89. The van der Waals surface area contributed by atoms with E-state index in [0.717, 1.165) is 0 Å². The van der Waals surface area contributed by atoms with Crippen molar-refractivity contribution < 1.29 is 15.1 Å². The molecule has 3 aromatic heterocycles. The molecular weight excluding hydrogens is 287 g/mol. The molecule has 3 N–H and O–H groups in total. The topological polar surface area (TPSA) is 114 Å².